The molecule has 2 bridgehead atoms. The average molecular weight is 502 g/mol. The minimum absolute atomic E-state index is 0.0329. The molecule has 6 atom stereocenters. The van der Waals surface area contributed by atoms with Gasteiger partial charge >= 0.3 is 0 Å². The third-order valence-electron chi connectivity index (χ3n) is 7.78. The molecule has 1 spiro atoms. The van der Waals surface area contributed by atoms with Crippen molar-refractivity contribution in [3.63, 3.8) is 0 Å². The van der Waals surface area contributed by atoms with Gasteiger partial charge in [-0.3, -0.25) is 14.4 Å². The van der Waals surface area contributed by atoms with Crippen molar-refractivity contribution >= 4 is 29.5 Å². The summed E-state index contributed by atoms with van der Waals surface area (Å²) in [5.41, 5.74) is 1.01. The Hall–Kier alpha value is -2.06. The molecule has 8 heteroatoms. The number of nitrogens with one attached hydrogen (secondary N) is 2. The Morgan fingerprint density at radius 1 is 1.20 bits per heavy atom. The first-order valence-corrected chi connectivity index (χ1v) is 13.9. The second-order valence-corrected chi connectivity index (χ2v) is 12.2. The Labute approximate surface area is 212 Å². The number of hydrogen-bond donors (Lipinski definition) is 3. The van der Waals surface area contributed by atoms with Crippen molar-refractivity contribution < 1.29 is 19.5 Å². The monoisotopic (exact) mass is 501 g/mol. The van der Waals surface area contributed by atoms with E-state index in [0.717, 1.165) is 31.2 Å². The van der Waals surface area contributed by atoms with Crippen LogP contribution in [0.2, 0.25) is 0 Å². The summed E-state index contributed by atoms with van der Waals surface area (Å²) < 4.78 is -0.614. The molecule has 35 heavy (non-hydrogen) atoms. The van der Waals surface area contributed by atoms with Crippen molar-refractivity contribution in [3.8, 4) is 0 Å². The number of aliphatic hydroxyl groups is 1. The Morgan fingerprint density at radius 2 is 1.94 bits per heavy atom. The minimum atomic E-state index is -0.658. The van der Waals surface area contributed by atoms with Gasteiger partial charge in [0.2, 0.25) is 17.7 Å². The molecule has 3 saturated heterocycles. The Bertz CT molecular complexity index is 926. The quantitative estimate of drug-likeness (QED) is 0.405. The van der Waals surface area contributed by atoms with E-state index in [0.29, 0.717) is 19.5 Å². The molecule has 3 fully saturated rings. The molecule has 0 aromatic heterocycles. The molecule has 192 valence electrons. The van der Waals surface area contributed by atoms with Crippen molar-refractivity contribution in [1.82, 2.24) is 15.5 Å². The molecule has 0 saturated carbocycles. The van der Waals surface area contributed by atoms with Crippen LogP contribution in [0.3, 0.4) is 0 Å². The number of unbranched alkanes of at least 4 members (excludes halogenated alkanes) is 1. The first-order valence-electron chi connectivity index (χ1n) is 13.0. The van der Waals surface area contributed by atoms with Gasteiger partial charge in [-0.1, -0.05) is 57.5 Å². The van der Waals surface area contributed by atoms with Gasteiger partial charge in [-0.2, -0.15) is 0 Å². The van der Waals surface area contributed by atoms with Gasteiger partial charge in [-0.15, -0.1) is 11.8 Å². The number of benzene rings is 1. The predicted octanol–water partition coefficient (Wildman–Crippen LogP) is 2.72. The highest BCUT2D eigenvalue weighted by Gasteiger charge is 2.74. The second-order valence-electron chi connectivity index (χ2n) is 10.6. The van der Waals surface area contributed by atoms with E-state index in [1.807, 2.05) is 30.3 Å². The van der Waals surface area contributed by atoms with Gasteiger partial charge in [-0.25, -0.2) is 0 Å². The lowest BCUT2D eigenvalue weighted by molar-refractivity contribution is -0.143. The number of amides is 3. The molecular formula is C27H39N3O4S. The van der Waals surface area contributed by atoms with Crippen molar-refractivity contribution in [2.75, 3.05) is 13.2 Å². The van der Waals surface area contributed by atoms with Crippen LogP contribution in [0.1, 0.15) is 58.4 Å². The van der Waals surface area contributed by atoms with Gasteiger partial charge in [0.1, 0.15) is 6.04 Å². The summed E-state index contributed by atoms with van der Waals surface area (Å²) in [4.78, 5) is 42.7. The van der Waals surface area contributed by atoms with E-state index in [1.165, 1.54) is 0 Å². The van der Waals surface area contributed by atoms with Gasteiger partial charge in [0.15, 0.2) is 0 Å². The molecule has 1 aromatic carbocycles. The van der Waals surface area contributed by atoms with E-state index < -0.39 is 28.7 Å². The number of aliphatic hydroxyl groups excluding tert-OH is 1. The summed E-state index contributed by atoms with van der Waals surface area (Å²) in [5.74, 6) is -1.13. The number of carbonyl (C=O) groups is 3. The fraction of sp³-hybridized carbons (Fsp3) is 0.667. The van der Waals surface area contributed by atoms with Crippen LogP contribution in [0.4, 0.5) is 0 Å². The first kappa shape index (κ1) is 26.0. The molecule has 3 N–H and O–H groups in total. The molecule has 3 aliphatic heterocycles. The maximum absolute atomic E-state index is 14.0. The highest BCUT2D eigenvalue weighted by molar-refractivity contribution is 8.02. The molecule has 7 nitrogen and oxygen atoms in total. The average Bonchev–Trinajstić information content (AvgIpc) is 3.49. The summed E-state index contributed by atoms with van der Waals surface area (Å²) in [5, 5.41) is 16.4. The Kier molecular flexibility index (Phi) is 8.11. The van der Waals surface area contributed by atoms with Gasteiger partial charge in [0.05, 0.1) is 29.2 Å². The van der Waals surface area contributed by atoms with Crippen LogP contribution in [0.15, 0.2) is 30.3 Å². The smallest absolute Gasteiger partial charge is 0.244 e. The predicted molar refractivity (Wildman–Crippen MR) is 137 cm³/mol. The summed E-state index contributed by atoms with van der Waals surface area (Å²) in [6.45, 7) is 6.97. The summed E-state index contributed by atoms with van der Waals surface area (Å²) in [6, 6.07) is 8.66. The normalized spacial score (nSPS) is 30.0. The number of thioether (sulfide) groups is 1. The van der Waals surface area contributed by atoms with Crippen LogP contribution >= 0.6 is 11.8 Å². The van der Waals surface area contributed by atoms with Crippen LogP contribution in [0, 0.1) is 17.8 Å². The van der Waals surface area contributed by atoms with Crippen molar-refractivity contribution in [3.05, 3.63) is 35.9 Å². The van der Waals surface area contributed by atoms with Gasteiger partial charge < -0.3 is 20.6 Å². The van der Waals surface area contributed by atoms with Gasteiger partial charge in [0.25, 0.3) is 0 Å². The SMILES string of the molecule is CCCCNC(=O)C1N([C@@H](CO)CC(C)C)C(=O)[C@@H]2[C@@H](C(=O)NCc3ccccc3)[C@H]3CCC12S3. The van der Waals surface area contributed by atoms with Crippen LogP contribution < -0.4 is 10.6 Å². The topological polar surface area (TPSA) is 98.7 Å². The minimum Gasteiger partial charge on any atom is -0.394 e. The zero-order chi connectivity index (χ0) is 25.2. The Balaban J connectivity index is 1.62. The van der Waals surface area contributed by atoms with Gasteiger partial charge in [-0.05, 0) is 37.2 Å². The van der Waals surface area contributed by atoms with E-state index in [9.17, 15) is 19.5 Å². The molecule has 4 rings (SSSR count). The molecule has 0 radical (unpaired) electrons. The molecular weight excluding hydrogens is 462 g/mol. The molecule has 0 aliphatic carbocycles. The fourth-order valence-corrected chi connectivity index (χ4v) is 8.50. The van der Waals surface area contributed by atoms with E-state index in [2.05, 4.69) is 31.4 Å². The number of fused-ring (bicyclic) bond motifs is 1. The third kappa shape index (κ3) is 4.84. The molecule has 3 amide bonds. The summed E-state index contributed by atoms with van der Waals surface area (Å²) in [6.07, 6.45) is 4.01. The number of rotatable bonds is 11. The maximum atomic E-state index is 14.0. The highest BCUT2D eigenvalue weighted by atomic mass is 32.2. The maximum Gasteiger partial charge on any atom is 0.244 e. The van der Waals surface area contributed by atoms with E-state index >= 15 is 0 Å². The standard InChI is InChI=1S/C27H39N3O4S/c1-4-5-13-28-25(33)23-27-12-11-20(35-27)21(24(32)29-15-18-9-7-6-8-10-18)22(27)26(34)30(23)19(16-31)14-17(2)3/h6-10,17,19-23,31H,4-5,11-16H2,1-3H3,(H,28,33)(H,29,32)/t19-,20-,21+,22+,23?,27?/m1/s1. The molecule has 3 aliphatic rings. The summed E-state index contributed by atoms with van der Waals surface area (Å²) >= 11 is 1.67. The van der Waals surface area contributed by atoms with Gasteiger partial charge in [0, 0.05) is 18.3 Å². The summed E-state index contributed by atoms with van der Waals surface area (Å²) in [7, 11) is 0. The van der Waals surface area contributed by atoms with E-state index in [4.69, 9.17) is 0 Å². The van der Waals surface area contributed by atoms with Crippen molar-refractivity contribution in [2.45, 2.75) is 81.5 Å². The molecule has 2 unspecified atom stereocenters. The lowest BCUT2D eigenvalue weighted by atomic mass is 9.70. The zero-order valence-electron chi connectivity index (χ0n) is 21.0. The molecule has 3 heterocycles. The van der Waals surface area contributed by atoms with Crippen LogP contribution in [-0.2, 0) is 20.9 Å². The third-order valence-corrected chi connectivity index (χ3v) is 9.73. The van der Waals surface area contributed by atoms with E-state index in [-0.39, 0.29) is 35.5 Å². The second kappa shape index (κ2) is 10.9. The number of likely N-dealkylation sites (tertiary alicyclic amines) is 1. The Morgan fingerprint density at radius 3 is 2.60 bits per heavy atom. The van der Waals surface area contributed by atoms with Crippen LogP contribution in [0.25, 0.3) is 0 Å². The lowest BCUT2D eigenvalue weighted by Gasteiger charge is -2.37. The first-order chi connectivity index (χ1) is 16.8. The largest absolute Gasteiger partial charge is 0.394 e. The number of hydrogen-bond acceptors (Lipinski definition) is 5. The number of nitrogens with zero attached hydrogens (tertiary/aromatic N) is 1. The van der Waals surface area contributed by atoms with Crippen molar-refractivity contribution in [1.29, 1.82) is 0 Å². The fourth-order valence-electron chi connectivity index (χ4n) is 6.29. The van der Waals surface area contributed by atoms with Crippen LogP contribution in [0.5, 0.6) is 0 Å². The number of carbonyl (C=O) groups excluding carboxylic acids is 3. The highest BCUT2D eigenvalue weighted by Crippen LogP contribution is 2.66. The van der Waals surface area contributed by atoms with Crippen molar-refractivity contribution in [2.24, 2.45) is 17.8 Å². The van der Waals surface area contributed by atoms with E-state index in [1.54, 1.807) is 16.7 Å². The molecule has 1 aromatic rings. The lowest BCUT2D eigenvalue weighted by Crippen LogP contribution is -2.56. The van der Waals surface area contributed by atoms with Crippen LogP contribution in [-0.4, -0.2) is 63.0 Å². The zero-order valence-corrected chi connectivity index (χ0v) is 21.9.